The third-order valence-corrected chi connectivity index (χ3v) is 8.22. The van der Waals surface area contributed by atoms with Crippen LogP contribution in [0.1, 0.15) is 42.5 Å². The minimum atomic E-state index is 0.138. The highest BCUT2D eigenvalue weighted by Crippen LogP contribution is 2.34. The summed E-state index contributed by atoms with van der Waals surface area (Å²) >= 11 is 6.73. The van der Waals surface area contributed by atoms with Crippen LogP contribution >= 0.6 is 11.6 Å². The fraction of sp³-hybridized carbons (Fsp3) is 0.593. The molecule has 5 rings (SSSR count). The van der Waals surface area contributed by atoms with Crippen molar-refractivity contribution >= 4 is 23.1 Å². The Bertz CT molecular complexity index is 1120. The molecule has 0 radical (unpaired) electrons. The lowest BCUT2D eigenvalue weighted by Gasteiger charge is -2.35. The van der Waals surface area contributed by atoms with Crippen LogP contribution in [0.5, 0.6) is 6.01 Å². The normalized spacial score (nSPS) is 22.7. The number of nitrogens with one attached hydrogen (secondary N) is 1. The Labute approximate surface area is 219 Å². The first-order valence-electron chi connectivity index (χ1n) is 13.1. The van der Waals surface area contributed by atoms with E-state index in [4.69, 9.17) is 26.3 Å². The van der Waals surface area contributed by atoms with Crippen molar-refractivity contribution in [2.75, 3.05) is 56.2 Å². The van der Waals surface area contributed by atoms with Crippen molar-refractivity contribution in [3.63, 3.8) is 0 Å². The third-order valence-electron chi connectivity index (χ3n) is 7.73. The molecule has 1 aromatic heterocycles. The summed E-state index contributed by atoms with van der Waals surface area (Å²) < 4.78 is 6.25. The molecule has 0 amide bonds. The minimum Gasteiger partial charge on any atom is -0.462 e. The van der Waals surface area contributed by atoms with Crippen LogP contribution in [-0.4, -0.2) is 73.3 Å². The number of aryl methyl sites for hydroxylation is 1. The number of nitrogens with zero attached hydrogens (tertiary/aromatic N) is 6. The maximum atomic E-state index is 9.25. The SMILES string of the molecule is Cc1cccc(N2CCCc3c(nc(OC[C@@H]4CCCN4C)nc3N3CCNC(CC#N)C3)C2)c1Cl. The van der Waals surface area contributed by atoms with E-state index in [0.29, 0.717) is 31.6 Å². The van der Waals surface area contributed by atoms with Gasteiger partial charge in [0.25, 0.3) is 0 Å². The largest absolute Gasteiger partial charge is 0.462 e. The molecule has 9 heteroatoms. The van der Waals surface area contributed by atoms with Crippen molar-refractivity contribution in [1.82, 2.24) is 20.2 Å². The van der Waals surface area contributed by atoms with Crippen molar-refractivity contribution < 1.29 is 4.74 Å². The van der Waals surface area contributed by atoms with Gasteiger partial charge in [0.15, 0.2) is 0 Å². The second kappa shape index (κ2) is 11.2. The number of nitriles is 1. The van der Waals surface area contributed by atoms with Gasteiger partial charge in [0.05, 0.1) is 35.4 Å². The van der Waals surface area contributed by atoms with Gasteiger partial charge < -0.3 is 24.8 Å². The maximum absolute atomic E-state index is 9.25. The Morgan fingerprint density at radius 1 is 1.19 bits per heavy atom. The van der Waals surface area contributed by atoms with Gasteiger partial charge in [-0.25, -0.2) is 0 Å². The Morgan fingerprint density at radius 3 is 2.89 bits per heavy atom. The summed E-state index contributed by atoms with van der Waals surface area (Å²) in [6, 6.07) is 9.52. The van der Waals surface area contributed by atoms with Crippen LogP contribution in [0.3, 0.4) is 0 Å². The summed E-state index contributed by atoms with van der Waals surface area (Å²) in [5.41, 5.74) is 4.34. The second-order valence-corrected chi connectivity index (χ2v) is 10.6. The monoisotopic (exact) mass is 509 g/mol. The van der Waals surface area contributed by atoms with E-state index >= 15 is 0 Å². The molecule has 2 fully saturated rings. The number of benzene rings is 1. The lowest BCUT2D eigenvalue weighted by Crippen LogP contribution is -2.51. The van der Waals surface area contributed by atoms with Gasteiger partial charge in [0, 0.05) is 43.8 Å². The van der Waals surface area contributed by atoms with E-state index in [1.165, 1.54) is 12.0 Å². The molecule has 4 heterocycles. The van der Waals surface area contributed by atoms with E-state index in [-0.39, 0.29) is 6.04 Å². The van der Waals surface area contributed by atoms with E-state index in [1.54, 1.807) is 0 Å². The number of likely N-dealkylation sites (tertiary alicyclic amines) is 1. The van der Waals surface area contributed by atoms with Crippen molar-refractivity contribution in [3.05, 3.63) is 40.0 Å². The number of likely N-dealkylation sites (N-methyl/N-ethyl adjacent to an activating group) is 1. The van der Waals surface area contributed by atoms with Crippen molar-refractivity contribution in [1.29, 1.82) is 5.26 Å². The quantitative estimate of drug-likeness (QED) is 0.633. The van der Waals surface area contributed by atoms with Crippen LogP contribution in [0, 0.1) is 18.3 Å². The lowest BCUT2D eigenvalue weighted by atomic mass is 10.1. The molecule has 2 aromatic rings. The van der Waals surface area contributed by atoms with Crippen LogP contribution in [-0.2, 0) is 13.0 Å². The predicted molar refractivity (Wildman–Crippen MR) is 143 cm³/mol. The average molecular weight is 510 g/mol. The first-order valence-corrected chi connectivity index (χ1v) is 13.5. The summed E-state index contributed by atoms with van der Waals surface area (Å²) in [5, 5.41) is 13.5. The molecule has 36 heavy (non-hydrogen) atoms. The standard InChI is InChI=1S/C27H36ClN7O/c1-19-6-3-9-24(25(19)28)34-14-5-8-22-23(17-34)31-27(36-18-21-7-4-13-33(21)2)32-26(22)35-15-12-30-20(16-35)10-11-29/h3,6,9,20-21,30H,4-5,7-8,10,12-18H2,1-2H3/t20?,21-/m0/s1. The van der Waals surface area contributed by atoms with Gasteiger partial charge in [-0.2, -0.15) is 15.2 Å². The highest BCUT2D eigenvalue weighted by Gasteiger charge is 2.29. The topological polar surface area (TPSA) is 80.6 Å². The number of hydrogen-bond donors (Lipinski definition) is 1. The van der Waals surface area contributed by atoms with Crippen LogP contribution in [0.2, 0.25) is 5.02 Å². The molecule has 3 aliphatic heterocycles. The van der Waals surface area contributed by atoms with E-state index in [1.807, 2.05) is 13.0 Å². The van der Waals surface area contributed by atoms with E-state index < -0.39 is 0 Å². The summed E-state index contributed by atoms with van der Waals surface area (Å²) in [5.74, 6) is 0.969. The molecule has 1 aromatic carbocycles. The molecule has 1 N–H and O–H groups in total. The van der Waals surface area contributed by atoms with Crippen LogP contribution in [0.25, 0.3) is 0 Å². The van der Waals surface area contributed by atoms with Gasteiger partial charge >= 0.3 is 6.01 Å². The lowest BCUT2D eigenvalue weighted by molar-refractivity contribution is 0.187. The summed E-state index contributed by atoms with van der Waals surface area (Å²) in [6.45, 7) is 7.77. The number of hydrogen-bond acceptors (Lipinski definition) is 8. The molecule has 2 atom stereocenters. The highest BCUT2D eigenvalue weighted by molar-refractivity contribution is 6.34. The van der Waals surface area contributed by atoms with Crippen molar-refractivity contribution in [2.24, 2.45) is 0 Å². The number of ether oxygens (including phenoxy) is 1. The van der Waals surface area contributed by atoms with Crippen molar-refractivity contribution in [2.45, 2.75) is 57.7 Å². The van der Waals surface area contributed by atoms with E-state index in [2.05, 4.69) is 45.3 Å². The maximum Gasteiger partial charge on any atom is 0.318 e. The van der Waals surface area contributed by atoms with Gasteiger partial charge in [0.1, 0.15) is 12.4 Å². The molecule has 0 aliphatic carbocycles. The average Bonchev–Trinajstić information content (AvgIpc) is 3.17. The smallest absolute Gasteiger partial charge is 0.318 e. The Hall–Kier alpha value is -2.60. The van der Waals surface area contributed by atoms with Crippen molar-refractivity contribution in [3.8, 4) is 12.1 Å². The fourth-order valence-corrected chi connectivity index (χ4v) is 5.87. The molecule has 0 spiro atoms. The summed E-state index contributed by atoms with van der Waals surface area (Å²) in [4.78, 5) is 17.0. The van der Waals surface area contributed by atoms with Gasteiger partial charge in [-0.1, -0.05) is 23.7 Å². The van der Waals surface area contributed by atoms with Crippen LogP contribution < -0.4 is 19.9 Å². The molecular weight excluding hydrogens is 474 g/mol. The number of halogens is 1. The first-order chi connectivity index (χ1) is 17.5. The number of fused-ring (bicyclic) bond motifs is 1. The molecule has 0 saturated carbocycles. The van der Waals surface area contributed by atoms with Gasteiger partial charge in [-0.05, 0) is 57.8 Å². The van der Waals surface area contributed by atoms with Gasteiger partial charge in [-0.15, -0.1) is 0 Å². The molecule has 1 unspecified atom stereocenters. The zero-order valence-corrected chi connectivity index (χ0v) is 22.1. The Morgan fingerprint density at radius 2 is 2.08 bits per heavy atom. The Balaban J connectivity index is 1.47. The second-order valence-electron chi connectivity index (χ2n) is 10.2. The third kappa shape index (κ3) is 5.39. The minimum absolute atomic E-state index is 0.138. The number of aromatic nitrogens is 2. The molecule has 0 bridgehead atoms. The van der Waals surface area contributed by atoms with E-state index in [0.717, 1.165) is 79.8 Å². The zero-order valence-electron chi connectivity index (χ0n) is 21.3. The molecule has 2 saturated heterocycles. The molecule has 8 nitrogen and oxygen atoms in total. The Kier molecular flexibility index (Phi) is 7.80. The zero-order chi connectivity index (χ0) is 25.1. The number of piperazine rings is 1. The summed E-state index contributed by atoms with van der Waals surface area (Å²) in [7, 11) is 2.16. The summed E-state index contributed by atoms with van der Waals surface area (Å²) in [6.07, 6.45) is 4.73. The molecule has 3 aliphatic rings. The first kappa shape index (κ1) is 25.1. The van der Waals surface area contributed by atoms with Gasteiger partial charge in [-0.3, -0.25) is 0 Å². The molecule has 192 valence electrons. The van der Waals surface area contributed by atoms with Gasteiger partial charge in [0.2, 0.25) is 0 Å². The van der Waals surface area contributed by atoms with E-state index in [9.17, 15) is 5.26 Å². The molecular formula is C27H36ClN7O. The van der Waals surface area contributed by atoms with Crippen LogP contribution in [0.15, 0.2) is 18.2 Å². The van der Waals surface area contributed by atoms with Crippen LogP contribution in [0.4, 0.5) is 11.5 Å². The fourth-order valence-electron chi connectivity index (χ4n) is 5.62. The number of anilines is 2. The highest BCUT2D eigenvalue weighted by atomic mass is 35.5. The predicted octanol–water partition coefficient (Wildman–Crippen LogP) is 3.56. The number of rotatable bonds is 6.